The Morgan fingerprint density at radius 3 is 1.25 bits per heavy atom. The summed E-state index contributed by atoms with van der Waals surface area (Å²) in [5, 5.41) is 0. The van der Waals surface area contributed by atoms with E-state index < -0.39 is 0 Å². The van der Waals surface area contributed by atoms with Gasteiger partial charge in [-0.15, -0.1) is 0 Å². The van der Waals surface area contributed by atoms with Crippen molar-refractivity contribution in [1.29, 1.82) is 0 Å². The molecule has 1 aliphatic rings. The zero-order valence-electron chi connectivity index (χ0n) is 21.4. The van der Waals surface area contributed by atoms with Crippen molar-refractivity contribution in [1.82, 2.24) is 19.9 Å². The molecule has 4 aromatic heterocycles. The maximum absolute atomic E-state index is 5.21. The summed E-state index contributed by atoms with van der Waals surface area (Å²) in [4.78, 5) is 28.3. The van der Waals surface area contributed by atoms with E-state index in [1.807, 2.05) is 97.6 Å². The number of hydrogen-bond acceptors (Lipinski definition) is 6. The molecule has 0 saturated heterocycles. The molecule has 1 aliphatic heterocycles. The molecule has 2 aromatic carbocycles. The van der Waals surface area contributed by atoms with Crippen LogP contribution in [0.2, 0.25) is 0 Å². The molecule has 0 unspecified atom stereocenters. The predicted molar refractivity (Wildman–Crippen MR) is 158 cm³/mol. The Labute approximate surface area is 231 Å². The third-order valence-corrected chi connectivity index (χ3v) is 6.77. The van der Waals surface area contributed by atoms with Gasteiger partial charge in [-0.1, -0.05) is 36.4 Å². The largest absolute Gasteiger partial charge is 0.264 e. The second kappa shape index (κ2) is 10.3. The van der Waals surface area contributed by atoms with Gasteiger partial charge in [-0.05, 0) is 60.7 Å². The predicted octanol–water partition coefficient (Wildman–Crippen LogP) is 7.25. The standard InChI is InChI=1S/C34H22N6/c1-3-11-31-27(9-1)33(25-13-15-29(37-21-25)23-7-5-17-35-19-23)40-32-12-4-2-10-28(32)34(39-31)26-14-16-30(38-22-26)24-8-6-18-36-20-24/h1-22H. The lowest BCUT2D eigenvalue weighted by atomic mass is 9.96. The second-order valence-electron chi connectivity index (χ2n) is 9.30. The van der Waals surface area contributed by atoms with Gasteiger partial charge in [0.15, 0.2) is 0 Å². The molecule has 0 bridgehead atoms. The van der Waals surface area contributed by atoms with Gasteiger partial charge >= 0.3 is 0 Å². The summed E-state index contributed by atoms with van der Waals surface area (Å²) >= 11 is 0. The molecule has 0 atom stereocenters. The molecule has 188 valence electrons. The summed E-state index contributed by atoms with van der Waals surface area (Å²) in [5.41, 5.74) is 10.7. The molecule has 0 fully saturated rings. The van der Waals surface area contributed by atoms with Crippen LogP contribution in [0.4, 0.5) is 11.4 Å². The first-order chi connectivity index (χ1) is 19.8. The molecule has 0 radical (unpaired) electrons. The van der Waals surface area contributed by atoms with E-state index in [0.29, 0.717) is 0 Å². The Morgan fingerprint density at radius 2 is 0.850 bits per heavy atom. The average molecular weight is 515 g/mol. The van der Waals surface area contributed by atoms with Crippen molar-refractivity contribution in [2.45, 2.75) is 0 Å². The lowest BCUT2D eigenvalue weighted by Gasteiger charge is -2.18. The van der Waals surface area contributed by atoms with Crippen LogP contribution in [0.15, 0.2) is 144 Å². The fraction of sp³-hybridized carbons (Fsp3) is 0. The van der Waals surface area contributed by atoms with E-state index in [2.05, 4.69) is 34.2 Å². The fourth-order valence-electron chi connectivity index (χ4n) is 4.78. The fourth-order valence-corrected chi connectivity index (χ4v) is 4.78. The Hall–Kier alpha value is -5.62. The molecule has 0 amide bonds. The maximum Gasteiger partial charge on any atom is 0.0819 e. The number of para-hydroxylation sites is 2. The summed E-state index contributed by atoms with van der Waals surface area (Å²) < 4.78 is 0. The third kappa shape index (κ3) is 4.48. The Bertz CT molecular complexity index is 1720. The first-order valence-electron chi connectivity index (χ1n) is 12.9. The summed E-state index contributed by atoms with van der Waals surface area (Å²) in [5.74, 6) is 0. The van der Waals surface area contributed by atoms with Crippen LogP contribution in [0, 0.1) is 0 Å². The van der Waals surface area contributed by atoms with E-state index in [4.69, 9.17) is 20.0 Å². The zero-order chi connectivity index (χ0) is 26.7. The molecule has 6 heteroatoms. The Balaban J connectivity index is 1.34. The molecule has 40 heavy (non-hydrogen) atoms. The van der Waals surface area contributed by atoms with Crippen LogP contribution in [0.25, 0.3) is 22.5 Å². The van der Waals surface area contributed by atoms with Crippen molar-refractivity contribution in [3.05, 3.63) is 156 Å². The lowest BCUT2D eigenvalue weighted by Crippen LogP contribution is -2.10. The van der Waals surface area contributed by atoms with Gasteiger partial charge in [0.2, 0.25) is 0 Å². The molecular formula is C34H22N6. The maximum atomic E-state index is 5.21. The smallest absolute Gasteiger partial charge is 0.0819 e. The molecule has 7 rings (SSSR count). The SMILES string of the molecule is c1cncc(-c2ccc(C3=Nc4ccccc4C(c4ccc(-c5cccnc5)nc4)=Nc4ccccc43)cn2)c1. The minimum absolute atomic E-state index is 0.820. The van der Waals surface area contributed by atoms with Gasteiger partial charge in [0.1, 0.15) is 0 Å². The Kier molecular flexibility index (Phi) is 6.03. The molecule has 0 N–H and O–H groups in total. The molecule has 6 aromatic rings. The summed E-state index contributed by atoms with van der Waals surface area (Å²) in [6, 6.07) is 32.1. The van der Waals surface area contributed by atoms with E-state index in [1.54, 1.807) is 12.4 Å². The average Bonchev–Trinajstić information content (AvgIpc) is 3.03. The quantitative estimate of drug-likeness (QED) is 0.248. The van der Waals surface area contributed by atoms with Crippen molar-refractivity contribution in [2.24, 2.45) is 9.98 Å². The van der Waals surface area contributed by atoms with Gasteiger partial charge in [-0.3, -0.25) is 19.9 Å². The minimum atomic E-state index is 0.820. The number of aliphatic imine (C=N–C) groups is 2. The lowest BCUT2D eigenvalue weighted by molar-refractivity contribution is 1.27. The van der Waals surface area contributed by atoms with Crippen LogP contribution in [0.3, 0.4) is 0 Å². The monoisotopic (exact) mass is 514 g/mol. The first kappa shape index (κ1) is 23.5. The van der Waals surface area contributed by atoms with Crippen LogP contribution < -0.4 is 0 Å². The highest BCUT2D eigenvalue weighted by Crippen LogP contribution is 2.33. The zero-order valence-corrected chi connectivity index (χ0v) is 21.4. The van der Waals surface area contributed by atoms with Gasteiger partial charge < -0.3 is 0 Å². The molecule has 5 heterocycles. The van der Waals surface area contributed by atoms with Gasteiger partial charge in [-0.2, -0.15) is 0 Å². The number of aromatic nitrogens is 4. The van der Waals surface area contributed by atoms with Gasteiger partial charge in [0.25, 0.3) is 0 Å². The number of benzene rings is 2. The van der Waals surface area contributed by atoms with Crippen LogP contribution in [-0.4, -0.2) is 31.4 Å². The van der Waals surface area contributed by atoms with Gasteiger partial charge in [-0.25, -0.2) is 9.98 Å². The number of hydrogen-bond donors (Lipinski definition) is 0. The molecule has 0 spiro atoms. The van der Waals surface area contributed by atoms with Crippen LogP contribution in [0.5, 0.6) is 0 Å². The van der Waals surface area contributed by atoms with Crippen molar-refractivity contribution in [3.63, 3.8) is 0 Å². The molecular weight excluding hydrogens is 492 g/mol. The van der Waals surface area contributed by atoms with Crippen LogP contribution in [-0.2, 0) is 0 Å². The highest BCUT2D eigenvalue weighted by atomic mass is 14.8. The van der Waals surface area contributed by atoms with Crippen molar-refractivity contribution in [3.8, 4) is 22.5 Å². The summed E-state index contributed by atoms with van der Waals surface area (Å²) in [7, 11) is 0. The second-order valence-corrected chi connectivity index (χ2v) is 9.30. The molecule has 0 aliphatic carbocycles. The number of pyridine rings is 4. The number of rotatable bonds is 4. The Morgan fingerprint density at radius 1 is 0.375 bits per heavy atom. The van der Waals surface area contributed by atoms with Gasteiger partial charge in [0, 0.05) is 70.6 Å². The van der Waals surface area contributed by atoms with Gasteiger partial charge in [0.05, 0.1) is 34.2 Å². The van der Waals surface area contributed by atoms with E-state index >= 15 is 0 Å². The van der Waals surface area contributed by atoms with E-state index in [0.717, 1.165) is 67.6 Å². The first-order valence-corrected chi connectivity index (χ1v) is 12.9. The van der Waals surface area contributed by atoms with Crippen LogP contribution >= 0.6 is 0 Å². The summed E-state index contributed by atoms with van der Waals surface area (Å²) in [6.07, 6.45) is 10.9. The van der Waals surface area contributed by atoms with Crippen LogP contribution in [0.1, 0.15) is 22.3 Å². The third-order valence-electron chi connectivity index (χ3n) is 6.77. The van der Waals surface area contributed by atoms with E-state index in [1.165, 1.54) is 0 Å². The molecule has 6 nitrogen and oxygen atoms in total. The highest BCUT2D eigenvalue weighted by Gasteiger charge is 2.20. The van der Waals surface area contributed by atoms with Crippen molar-refractivity contribution >= 4 is 22.8 Å². The normalized spacial score (nSPS) is 12.3. The molecule has 0 saturated carbocycles. The summed E-state index contributed by atoms with van der Waals surface area (Å²) in [6.45, 7) is 0. The number of nitrogens with zero attached hydrogens (tertiary/aromatic N) is 6. The van der Waals surface area contributed by atoms with E-state index in [9.17, 15) is 0 Å². The topological polar surface area (TPSA) is 76.3 Å². The van der Waals surface area contributed by atoms with Crippen molar-refractivity contribution in [2.75, 3.05) is 0 Å². The van der Waals surface area contributed by atoms with Crippen molar-refractivity contribution < 1.29 is 0 Å². The number of fused-ring (bicyclic) bond motifs is 2. The minimum Gasteiger partial charge on any atom is -0.264 e. The van der Waals surface area contributed by atoms with E-state index in [-0.39, 0.29) is 0 Å². The highest BCUT2D eigenvalue weighted by molar-refractivity contribution is 6.22.